The lowest BCUT2D eigenvalue weighted by Gasteiger charge is -2.16. The first kappa shape index (κ1) is 18.2. The first-order valence-corrected chi connectivity index (χ1v) is 9.99. The summed E-state index contributed by atoms with van der Waals surface area (Å²) >= 11 is 1.43. The topological polar surface area (TPSA) is 85.6 Å². The molecule has 0 atom stereocenters. The minimum Gasteiger partial charge on any atom is -0.383 e. The van der Waals surface area contributed by atoms with E-state index in [1.54, 1.807) is 16.6 Å². The lowest BCUT2D eigenvalue weighted by atomic mass is 10.2. The summed E-state index contributed by atoms with van der Waals surface area (Å²) in [6.07, 6.45) is 1.67. The Hall–Kier alpha value is -2.13. The highest BCUT2D eigenvalue weighted by molar-refractivity contribution is 7.18. The number of fused-ring (bicyclic) bond motifs is 1. The zero-order valence-electron chi connectivity index (χ0n) is 15.8. The van der Waals surface area contributed by atoms with Crippen LogP contribution in [0.3, 0.4) is 0 Å². The minimum absolute atomic E-state index is 0.0912. The van der Waals surface area contributed by atoms with Crippen LogP contribution in [-0.4, -0.2) is 46.9 Å². The second kappa shape index (κ2) is 6.49. The second-order valence-electron chi connectivity index (χ2n) is 7.55. The van der Waals surface area contributed by atoms with Crippen molar-refractivity contribution in [3.63, 3.8) is 0 Å². The maximum absolute atomic E-state index is 13.2. The van der Waals surface area contributed by atoms with Crippen LogP contribution in [0.2, 0.25) is 0 Å². The normalized spacial score (nSPS) is 18.3. The Bertz CT molecular complexity index is 1030. The van der Waals surface area contributed by atoms with E-state index < -0.39 is 0 Å². The quantitative estimate of drug-likeness (QED) is 0.801. The zero-order chi connectivity index (χ0) is 19.3. The fraction of sp³-hybridized carbons (Fsp3) is 0.611. The molecule has 27 heavy (non-hydrogen) atoms. The van der Waals surface area contributed by atoms with E-state index in [9.17, 15) is 14.4 Å². The third-order valence-corrected chi connectivity index (χ3v) is 6.92. The molecule has 8 nitrogen and oxygen atoms in total. The minimum atomic E-state index is -0.388. The number of urea groups is 1. The molecule has 146 valence electrons. The van der Waals surface area contributed by atoms with Crippen LogP contribution < -0.4 is 16.6 Å². The second-order valence-corrected chi connectivity index (χ2v) is 8.63. The molecule has 2 aliphatic rings. The molecule has 2 fully saturated rings. The van der Waals surface area contributed by atoms with E-state index in [0.29, 0.717) is 43.0 Å². The van der Waals surface area contributed by atoms with Crippen LogP contribution in [0, 0.1) is 6.92 Å². The highest BCUT2D eigenvalue weighted by Crippen LogP contribution is 2.41. The number of carbonyl (C=O) groups is 1. The van der Waals surface area contributed by atoms with Crippen molar-refractivity contribution < 1.29 is 9.53 Å². The molecule has 1 N–H and O–H groups in total. The number of thiophene rings is 1. The van der Waals surface area contributed by atoms with Crippen molar-refractivity contribution >= 4 is 27.6 Å². The molecular formula is C18H24N4O4S. The van der Waals surface area contributed by atoms with Crippen LogP contribution in [0.5, 0.6) is 0 Å². The predicted molar refractivity (Wildman–Crippen MR) is 104 cm³/mol. The number of nitrogens with zero attached hydrogens (tertiary/aromatic N) is 3. The van der Waals surface area contributed by atoms with Gasteiger partial charge in [0.05, 0.1) is 30.6 Å². The van der Waals surface area contributed by atoms with Crippen LogP contribution in [-0.2, 0) is 23.4 Å². The number of amides is 2. The molecule has 0 spiro atoms. The Morgan fingerprint density at radius 2 is 2.00 bits per heavy atom. The molecular weight excluding hydrogens is 368 g/mol. The van der Waals surface area contributed by atoms with Gasteiger partial charge in [-0.15, -0.1) is 11.3 Å². The smallest absolute Gasteiger partial charge is 0.332 e. The van der Waals surface area contributed by atoms with Crippen LogP contribution in [0.15, 0.2) is 9.59 Å². The van der Waals surface area contributed by atoms with Gasteiger partial charge in [-0.1, -0.05) is 0 Å². The summed E-state index contributed by atoms with van der Waals surface area (Å²) in [4.78, 5) is 41.6. The van der Waals surface area contributed by atoms with E-state index in [0.717, 1.165) is 23.3 Å². The third kappa shape index (κ3) is 2.89. The number of hydrogen-bond donors (Lipinski definition) is 1. The molecule has 9 heteroatoms. The molecule has 2 amide bonds. The number of aromatic nitrogens is 2. The number of hydrogen-bond acceptors (Lipinski definition) is 5. The van der Waals surface area contributed by atoms with Crippen LogP contribution in [0.25, 0.3) is 10.2 Å². The number of carbonyl (C=O) groups excluding carboxylic acids is 1. The van der Waals surface area contributed by atoms with Crippen molar-refractivity contribution in [1.29, 1.82) is 0 Å². The van der Waals surface area contributed by atoms with Crippen LogP contribution in [0.4, 0.5) is 4.79 Å². The van der Waals surface area contributed by atoms with Gasteiger partial charge in [0, 0.05) is 25.1 Å². The molecule has 3 heterocycles. The van der Waals surface area contributed by atoms with E-state index in [1.165, 1.54) is 15.9 Å². The molecule has 0 radical (unpaired) electrons. The van der Waals surface area contributed by atoms with Gasteiger partial charge in [-0.2, -0.15) is 0 Å². The predicted octanol–water partition coefficient (Wildman–Crippen LogP) is 1.21. The summed E-state index contributed by atoms with van der Waals surface area (Å²) in [5, 5.41) is 3.39. The molecule has 0 bridgehead atoms. The van der Waals surface area contributed by atoms with Crippen molar-refractivity contribution in [2.45, 2.75) is 45.3 Å². The standard InChI is InChI=1S/C18H24N4O4S/c1-11-12(10-20-7-6-19-16(20)24)27-15-13(11)14(23)22(18(2)4-5-18)17(25)21(15)8-9-26-3/h4-10H2,1-3H3,(H,19,24). The third-order valence-electron chi connectivity index (χ3n) is 5.62. The van der Waals surface area contributed by atoms with E-state index >= 15 is 0 Å². The Labute approximate surface area is 160 Å². The molecule has 2 aromatic heterocycles. The maximum atomic E-state index is 13.2. The van der Waals surface area contributed by atoms with Crippen molar-refractivity contribution in [1.82, 2.24) is 19.4 Å². The Kier molecular flexibility index (Phi) is 4.38. The van der Waals surface area contributed by atoms with Gasteiger partial charge in [0.1, 0.15) is 4.83 Å². The largest absolute Gasteiger partial charge is 0.383 e. The SMILES string of the molecule is COCCn1c(=O)n(C2(C)CC2)c(=O)c2c(C)c(CN3CCNC3=O)sc21. The summed E-state index contributed by atoms with van der Waals surface area (Å²) in [6.45, 7) is 6.38. The fourth-order valence-electron chi connectivity index (χ4n) is 3.64. The van der Waals surface area contributed by atoms with Gasteiger partial charge < -0.3 is 15.0 Å². The number of aryl methyl sites for hydroxylation is 1. The van der Waals surface area contributed by atoms with Crippen molar-refractivity contribution in [2.24, 2.45) is 0 Å². The van der Waals surface area contributed by atoms with Gasteiger partial charge in [0.25, 0.3) is 5.56 Å². The molecule has 0 aromatic carbocycles. The number of ether oxygens (including phenoxy) is 1. The summed E-state index contributed by atoms with van der Waals surface area (Å²) in [5.74, 6) is 0. The highest BCUT2D eigenvalue weighted by atomic mass is 32.1. The number of nitrogens with one attached hydrogen (secondary N) is 1. The Balaban J connectivity index is 1.91. The lowest BCUT2D eigenvalue weighted by Crippen LogP contribution is -2.45. The monoisotopic (exact) mass is 392 g/mol. The lowest BCUT2D eigenvalue weighted by molar-refractivity contribution is 0.186. The average Bonchev–Trinajstić information content (AvgIpc) is 3.09. The van der Waals surface area contributed by atoms with Gasteiger partial charge in [0.2, 0.25) is 0 Å². The first-order chi connectivity index (χ1) is 12.9. The molecule has 2 aromatic rings. The number of rotatable bonds is 6. The number of methoxy groups -OCH3 is 1. The maximum Gasteiger partial charge on any atom is 0.332 e. The van der Waals surface area contributed by atoms with Gasteiger partial charge in [-0.05, 0) is 32.3 Å². The highest BCUT2D eigenvalue weighted by Gasteiger charge is 2.43. The molecule has 1 saturated heterocycles. The van der Waals surface area contributed by atoms with Crippen molar-refractivity contribution in [3.8, 4) is 0 Å². The van der Waals surface area contributed by atoms with E-state index in [-0.39, 0.29) is 22.8 Å². The molecule has 1 aliphatic carbocycles. The van der Waals surface area contributed by atoms with Gasteiger partial charge >= 0.3 is 11.7 Å². The molecule has 4 rings (SSSR count). The average molecular weight is 392 g/mol. The Morgan fingerprint density at radius 3 is 2.59 bits per heavy atom. The van der Waals surface area contributed by atoms with E-state index in [2.05, 4.69) is 5.32 Å². The summed E-state index contributed by atoms with van der Waals surface area (Å²) in [5.41, 5.74) is -0.00438. The molecule has 0 unspecified atom stereocenters. The summed E-state index contributed by atoms with van der Waals surface area (Å²) in [7, 11) is 1.59. The van der Waals surface area contributed by atoms with Gasteiger partial charge in [-0.25, -0.2) is 9.59 Å². The fourth-order valence-corrected chi connectivity index (χ4v) is 4.97. The molecule has 1 saturated carbocycles. The van der Waals surface area contributed by atoms with E-state index in [1.807, 2.05) is 13.8 Å². The van der Waals surface area contributed by atoms with Crippen LogP contribution in [0.1, 0.15) is 30.2 Å². The Morgan fingerprint density at radius 1 is 1.26 bits per heavy atom. The summed E-state index contributed by atoms with van der Waals surface area (Å²) < 4.78 is 8.27. The van der Waals surface area contributed by atoms with Crippen molar-refractivity contribution in [2.75, 3.05) is 26.8 Å². The van der Waals surface area contributed by atoms with Gasteiger partial charge in [0.15, 0.2) is 0 Å². The first-order valence-electron chi connectivity index (χ1n) is 9.17. The zero-order valence-corrected chi connectivity index (χ0v) is 16.6. The molecule has 1 aliphatic heterocycles. The van der Waals surface area contributed by atoms with Gasteiger partial charge in [-0.3, -0.25) is 13.9 Å². The van der Waals surface area contributed by atoms with Crippen molar-refractivity contribution in [3.05, 3.63) is 31.3 Å². The summed E-state index contributed by atoms with van der Waals surface area (Å²) in [6, 6.07) is -0.0912. The van der Waals surface area contributed by atoms with Crippen LogP contribution >= 0.6 is 11.3 Å². The van der Waals surface area contributed by atoms with E-state index in [4.69, 9.17) is 4.74 Å².